The zero-order chi connectivity index (χ0) is 14.3. The van der Waals surface area contributed by atoms with Gasteiger partial charge in [0.1, 0.15) is 0 Å². The smallest absolute Gasteiger partial charge is 0.0915 e. The SMILES string of the molecule is CCCCCC(C)(O)C(CN)C1CC=C(OC)CC1. The van der Waals surface area contributed by atoms with Crippen LogP contribution in [0.1, 0.15) is 58.8 Å². The first-order valence-electron chi connectivity index (χ1n) is 7.70. The zero-order valence-corrected chi connectivity index (χ0v) is 12.8. The van der Waals surface area contributed by atoms with Crippen LogP contribution in [0.25, 0.3) is 0 Å². The van der Waals surface area contributed by atoms with E-state index >= 15 is 0 Å². The lowest BCUT2D eigenvalue weighted by molar-refractivity contribution is -0.0346. The lowest BCUT2D eigenvalue weighted by Crippen LogP contribution is -2.44. The van der Waals surface area contributed by atoms with Gasteiger partial charge in [-0.25, -0.2) is 0 Å². The van der Waals surface area contributed by atoms with Crippen molar-refractivity contribution in [3.8, 4) is 0 Å². The summed E-state index contributed by atoms with van der Waals surface area (Å²) in [6.45, 7) is 4.73. The molecule has 112 valence electrons. The van der Waals surface area contributed by atoms with Gasteiger partial charge in [0.05, 0.1) is 18.5 Å². The summed E-state index contributed by atoms with van der Waals surface area (Å²) >= 11 is 0. The fourth-order valence-corrected chi connectivity index (χ4v) is 3.25. The van der Waals surface area contributed by atoms with Crippen molar-refractivity contribution in [2.75, 3.05) is 13.7 Å². The molecule has 3 N–H and O–H groups in total. The minimum Gasteiger partial charge on any atom is -0.501 e. The molecule has 0 saturated heterocycles. The third-order valence-corrected chi connectivity index (χ3v) is 4.58. The van der Waals surface area contributed by atoms with Gasteiger partial charge in [0.15, 0.2) is 0 Å². The van der Waals surface area contributed by atoms with E-state index in [9.17, 15) is 5.11 Å². The molecule has 3 unspecified atom stereocenters. The van der Waals surface area contributed by atoms with Crippen LogP contribution >= 0.6 is 0 Å². The molecule has 0 aliphatic heterocycles. The average Bonchev–Trinajstić information content (AvgIpc) is 2.40. The highest BCUT2D eigenvalue weighted by Crippen LogP contribution is 2.37. The molecule has 0 bridgehead atoms. The number of aliphatic hydroxyl groups is 1. The number of hydrogen-bond acceptors (Lipinski definition) is 3. The van der Waals surface area contributed by atoms with Gasteiger partial charge >= 0.3 is 0 Å². The Hall–Kier alpha value is -0.540. The maximum Gasteiger partial charge on any atom is 0.0915 e. The number of hydrogen-bond donors (Lipinski definition) is 2. The van der Waals surface area contributed by atoms with Crippen LogP contribution < -0.4 is 5.73 Å². The molecule has 0 aromatic carbocycles. The normalized spacial score (nSPS) is 24.5. The number of ether oxygens (including phenoxy) is 1. The highest BCUT2D eigenvalue weighted by molar-refractivity contribution is 5.02. The first-order chi connectivity index (χ1) is 9.05. The van der Waals surface area contributed by atoms with Crippen LogP contribution in [0.3, 0.4) is 0 Å². The molecular weight excluding hydrogens is 238 g/mol. The minimum absolute atomic E-state index is 0.194. The van der Waals surface area contributed by atoms with Crippen LogP contribution in [0.2, 0.25) is 0 Å². The lowest BCUT2D eigenvalue weighted by atomic mass is 9.72. The summed E-state index contributed by atoms with van der Waals surface area (Å²) in [6, 6.07) is 0. The van der Waals surface area contributed by atoms with Crippen molar-refractivity contribution < 1.29 is 9.84 Å². The highest BCUT2D eigenvalue weighted by atomic mass is 16.5. The van der Waals surface area contributed by atoms with Gasteiger partial charge in [0.25, 0.3) is 0 Å². The second-order valence-corrected chi connectivity index (χ2v) is 6.07. The number of allylic oxidation sites excluding steroid dienone is 2. The van der Waals surface area contributed by atoms with E-state index in [2.05, 4.69) is 13.0 Å². The van der Waals surface area contributed by atoms with E-state index in [0.29, 0.717) is 12.5 Å². The summed E-state index contributed by atoms with van der Waals surface area (Å²) in [5.74, 6) is 1.76. The van der Waals surface area contributed by atoms with E-state index in [-0.39, 0.29) is 5.92 Å². The predicted molar refractivity (Wildman–Crippen MR) is 79.7 cm³/mol. The molecule has 0 saturated carbocycles. The Morgan fingerprint density at radius 1 is 1.53 bits per heavy atom. The zero-order valence-electron chi connectivity index (χ0n) is 12.8. The summed E-state index contributed by atoms with van der Waals surface area (Å²) < 4.78 is 5.29. The Bertz CT molecular complexity index is 286. The third-order valence-electron chi connectivity index (χ3n) is 4.58. The fraction of sp³-hybridized carbons (Fsp3) is 0.875. The molecule has 3 nitrogen and oxygen atoms in total. The first-order valence-corrected chi connectivity index (χ1v) is 7.70. The van der Waals surface area contributed by atoms with Crippen LogP contribution in [0.5, 0.6) is 0 Å². The molecule has 0 aromatic heterocycles. The van der Waals surface area contributed by atoms with Gasteiger partial charge in [-0.1, -0.05) is 26.2 Å². The molecule has 0 fully saturated rings. The molecule has 0 radical (unpaired) electrons. The van der Waals surface area contributed by atoms with E-state index in [4.69, 9.17) is 10.5 Å². The molecule has 3 atom stereocenters. The topological polar surface area (TPSA) is 55.5 Å². The van der Waals surface area contributed by atoms with Gasteiger partial charge in [-0.15, -0.1) is 0 Å². The predicted octanol–water partition coefficient (Wildman–Crippen LogP) is 3.22. The average molecular weight is 269 g/mol. The van der Waals surface area contributed by atoms with Gasteiger partial charge in [-0.3, -0.25) is 0 Å². The van der Waals surface area contributed by atoms with Crippen LogP contribution in [-0.2, 0) is 4.74 Å². The van der Waals surface area contributed by atoms with Crippen LogP contribution in [0, 0.1) is 11.8 Å². The summed E-state index contributed by atoms with van der Waals surface area (Å²) in [5.41, 5.74) is 5.32. The molecule has 0 aromatic rings. The number of methoxy groups -OCH3 is 1. The molecule has 1 aliphatic carbocycles. The van der Waals surface area contributed by atoms with E-state index in [0.717, 1.165) is 37.9 Å². The van der Waals surface area contributed by atoms with E-state index in [1.165, 1.54) is 12.8 Å². The quantitative estimate of drug-likeness (QED) is 0.665. The van der Waals surface area contributed by atoms with Crippen molar-refractivity contribution in [2.24, 2.45) is 17.6 Å². The van der Waals surface area contributed by atoms with Crippen LogP contribution in [-0.4, -0.2) is 24.4 Å². The van der Waals surface area contributed by atoms with E-state index in [1.54, 1.807) is 7.11 Å². The Kier molecular flexibility index (Phi) is 6.87. The monoisotopic (exact) mass is 269 g/mol. The Labute approximate surface area is 118 Å². The fourth-order valence-electron chi connectivity index (χ4n) is 3.25. The summed E-state index contributed by atoms with van der Waals surface area (Å²) in [7, 11) is 1.73. The van der Waals surface area contributed by atoms with Crippen LogP contribution in [0.4, 0.5) is 0 Å². The maximum absolute atomic E-state index is 10.7. The van der Waals surface area contributed by atoms with Crippen molar-refractivity contribution in [2.45, 2.75) is 64.4 Å². The molecule has 19 heavy (non-hydrogen) atoms. The van der Waals surface area contributed by atoms with Crippen molar-refractivity contribution in [3.63, 3.8) is 0 Å². The van der Waals surface area contributed by atoms with Gasteiger partial charge < -0.3 is 15.6 Å². The molecule has 0 amide bonds. The first kappa shape index (κ1) is 16.5. The standard InChI is InChI=1S/C16H31NO2/c1-4-5-6-11-16(2,18)15(12-17)13-7-9-14(19-3)10-8-13/h9,13,15,18H,4-8,10-12,17H2,1-3H3. The molecule has 1 aliphatic rings. The van der Waals surface area contributed by atoms with Gasteiger partial charge in [0.2, 0.25) is 0 Å². The highest BCUT2D eigenvalue weighted by Gasteiger charge is 2.36. The lowest BCUT2D eigenvalue weighted by Gasteiger charge is -2.39. The van der Waals surface area contributed by atoms with Crippen molar-refractivity contribution in [3.05, 3.63) is 11.8 Å². The molecule has 0 heterocycles. The Morgan fingerprint density at radius 3 is 2.74 bits per heavy atom. The van der Waals surface area contributed by atoms with Gasteiger partial charge in [-0.05, 0) is 44.7 Å². The summed E-state index contributed by atoms with van der Waals surface area (Å²) in [6.07, 6.45) is 9.52. The summed E-state index contributed by atoms with van der Waals surface area (Å²) in [5, 5.41) is 10.7. The van der Waals surface area contributed by atoms with Gasteiger partial charge in [-0.2, -0.15) is 0 Å². The minimum atomic E-state index is -0.632. The van der Waals surface area contributed by atoms with E-state index in [1.807, 2.05) is 6.92 Å². The summed E-state index contributed by atoms with van der Waals surface area (Å²) in [4.78, 5) is 0. The maximum atomic E-state index is 10.7. The molecule has 1 rings (SSSR count). The van der Waals surface area contributed by atoms with Crippen LogP contribution in [0.15, 0.2) is 11.8 Å². The van der Waals surface area contributed by atoms with Crippen molar-refractivity contribution >= 4 is 0 Å². The van der Waals surface area contributed by atoms with Crippen molar-refractivity contribution in [1.82, 2.24) is 0 Å². The Morgan fingerprint density at radius 2 is 2.26 bits per heavy atom. The number of unbranched alkanes of at least 4 members (excludes halogenated alkanes) is 2. The molecule has 3 heteroatoms. The number of nitrogens with two attached hydrogens (primary N) is 1. The van der Waals surface area contributed by atoms with Gasteiger partial charge in [0, 0.05) is 12.3 Å². The molecule has 0 spiro atoms. The van der Waals surface area contributed by atoms with Crippen molar-refractivity contribution in [1.29, 1.82) is 0 Å². The Balaban J connectivity index is 2.59. The largest absolute Gasteiger partial charge is 0.501 e. The second-order valence-electron chi connectivity index (χ2n) is 6.07. The molecular formula is C16H31NO2. The third kappa shape index (κ3) is 4.81. The van der Waals surface area contributed by atoms with E-state index < -0.39 is 5.60 Å². The number of rotatable bonds is 8. The second kappa shape index (κ2) is 7.91.